The third-order valence-corrected chi connectivity index (χ3v) is 0. The van der Waals surface area contributed by atoms with Crippen molar-refractivity contribution >= 4 is 0 Å². The van der Waals surface area contributed by atoms with Gasteiger partial charge in [0, 0.05) is 0 Å². The number of rotatable bonds is 0. The summed E-state index contributed by atoms with van der Waals surface area (Å²) in [6.07, 6.45) is 0. The first-order valence-electron chi connectivity index (χ1n) is 1.64. The molecule has 0 radical (unpaired) electrons. The molecule has 16 heteroatoms. The summed E-state index contributed by atoms with van der Waals surface area (Å²) in [7, 11) is 0. The zero-order chi connectivity index (χ0) is 10.7. The molecule has 0 aliphatic rings. The van der Waals surface area contributed by atoms with Crippen LogP contribution in [0.4, 0.5) is 0 Å². The topological polar surface area (TPSA) is 199 Å². The molecule has 0 rings (SSSR count). The van der Waals surface area contributed by atoms with Gasteiger partial charge in [0.25, 0.3) is 0 Å². The maximum atomic E-state index is 8.25. The van der Waals surface area contributed by atoms with Crippen molar-refractivity contribution in [3.8, 4) is 0 Å². The minimum atomic E-state index is -1.75. The Morgan fingerprint density at radius 3 is 0.438 bits per heavy atom. The first-order valence-corrected chi connectivity index (χ1v) is 1.64. The summed E-state index contributed by atoms with van der Waals surface area (Å²) in [5.41, 5.74) is 0. The third kappa shape index (κ3) is 8510. The molecule has 0 aromatic rings. The Balaban J connectivity index is -0.0000000135. The van der Waals surface area contributed by atoms with Crippen molar-refractivity contribution in [2.45, 2.75) is 0 Å². The Hall–Kier alpha value is 0.561. The number of hydrogen-bond donors (Lipinski definition) is 0. The summed E-state index contributed by atoms with van der Waals surface area (Å²) in [5, 5.41) is 44.2. The van der Waals surface area contributed by atoms with E-state index in [0.29, 0.717) is 0 Å². The van der Waals surface area contributed by atoms with E-state index < -0.39 is 15.3 Å². The van der Waals surface area contributed by atoms with Crippen LogP contribution in [-0.2, 0) is 89.5 Å². The fourth-order valence-corrected chi connectivity index (χ4v) is 0. The van der Waals surface area contributed by atoms with E-state index in [1.165, 1.54) is 0 Å². The molecular weight excluding hydrogens is 617 g/mol. The summed E-state index contributed by atoms with van der Waals surface area (Å²) in [4.78, 5) is 24.8. The van der Waals surface area contributed by atoms with Crippen molar-refractivity contribution in [3.63, 3.8) is 0 Å². The Bertz CT molecular complexity index is 120. The quantitative estimate of drug-likeness (QED) is 0.191. The molecule has 0 fully saturated rings. The van der Waals surface area contributed by atoms with Crippen LogP contribution in [0.3, 0.4) is 0 Å². The molecule has 16 heavy (non-hydrogen) atoms. The van der Waals surface area contributed by atoms with Gasteiger partial charge in [0.15, 0.2) is 0 Å². The number of nitrogens with zero attached hydrogens (tertiary/aromatic N) is 3. The zero-order valence-corrected chi connectivity index (χ0v) is 12.2. The Morgan fingerprint density at radius 2 is 0.438 bits per heavy atom. The van der Waals surface area contributed by atoms with E-state index >= 15 is 0 Å². The minimum absolute atomic E-state index is 0. The zero-order valence-electron chi connectivity index (χ0n) is 6.22. The molecule has 0 aromatic carbocycles. The largest absolute Gasteiger partial charge is 1.00 e. The molecule has 0 saturated heterocycles. The van der Waals surface area contributed by atoms with Crippen molar-refractivity contribution < 1.29 is 105 Å². The molecule has 0 atom stereocenters. The molecule has 0 amide bonds. The molecule has 112 valence electrons. The maximum absolute atomic E-state index is 8.25. The normalized spacial score (nSPS) is 4.50. The van der Waals surface area contributed by atoms with E-state index in [4.69, 9.17) is 46.0 Å². The molecule has 0 spiro atoms. The monoisotopic (exact) mass is 614 g/mol. The van der Waals surface area contributed by atoms with Gasteiger partial charge in [0.05, 0.1) is 15.3 Å². The summed E-state index contributed by atoms with van der Waals surface area (Å²) >= 11 is 0. The van der Waals surface area contributed by atoms with Gasteiger partial charge in [-0.05, 0) is 0 Å². The van der Waals surface area contributed by atoms with Gasteiger partial charge >= 0.3 is 89.5 Å². The van der Waals surface area contributed by atoms with Crippen LogP contribution in [0.5, 0.6) is 0 Å². The van der Waals surface area contributed by atoms with Gasteiger partial charge in [-0.25, -0.2) is 0 Å². The molecule has 0 N–H and O–H groups in total. The molecule has 0 heterocycles. The van der Waals surface area contributed by atoms with Crippen molar-refractivity contribution in [3.05, 3.63) is 46.0 Å². The molecule has 0 aromatic heterocycles. The fraction of sp³-hybridized carbons (Fsp3) is 0. The Labute approximate surface area is 149 Å². The summed E-state index contributed by atoms with van der Waals surface area (Å²) < 4.78 is 0. The van der Waals surface area contributed by atoms with Gasteiger partial charge in [-0.1, -0.05) is 0 Å². The number of hydrogen-bond acceptors (Lipinski definition) is 9. The van der Waals surface area contributed by atoms with Crippen molar-refractivity contribution in [2.24, 2.45) is 0 Å². The van der Waals surface area contributed by atoms with Crippen molar-refractivity contribution in [1.82, 2.24) is 0 Å². The maximum Gasteiger partial charge on any atom is 1.00 e. The average Bonchev–Trinajstić information content (AvgIpc) is 1.54. The van der Waals surface area contributed by atoms with E-state index in [-0.39, 0.29) is 89.5 Å². The second-order valence-corrected chi connectivity index (χ2v) is 0.671. The average molecular weight is 617 g/mol. The van der Waals surface area contributed by atoms with Gasteiger partial charge < -0.3 is 46.0 Å². The summed E-state index contributed by atoms with van der Waals surface area (Å²) in [5.74, 6) is 0. The summed E-state index contributed by atoms with van der Waals surface area (Å²) in [6, 6.07) is 0. The van der Waals surface area contributed by atoms with E-state index in [1.807, 2.05) is 0 Å². The van der Waals surface area contributed by atoms with Crippen LogP contribution in [0.15, 0.2) is 0 Å². The first kappa shape index (κ1) is 43.9. The Kier molecular flexibility index (Phi) is 99.0. The van der Waals surface area contributed by atoms with Crippen LogP contribution in [0.25, 0.3) is 0 Å². The third-order valence-electron chi connectivity index (χ3n) is 0. The fourth-order valence-electron chi connectivity index (χ4n) is 0. The first-order chi connectivity index (χ1) is 5.20. The van der Waals surface area contributed by atoms with Crippen LogP contribution < -0.4 is 0 Å². The molecule has 0 bridgehead atoms. The van der Waals surface area contributed by atoms with Gasteiger partial charge in [-0.3, -0.25) is 0 Å². The van der Waals surface area contributed by atoms with Crippen LogP contribution in [0, 0.1) is 46.0 Å². The molecule has 0 aliphatic carbocycles. The van der Waals surface area contributed by atoms with Crippen molar-refractivity contribution in [1.29, 1.82) is 0 Å². The molecule has 12 nitrogen and oxygen atoms in total. The van der Waals surface area contributed by atoms with Gasteiger partial charge in [0.1, 0.15) is 0 Å². The van der Waals surface area contributed by atoms with Gasteiger partial charge in [-0.2, -0.15) is 0 Å². The molecule has 0 unspecified atom stereocenters. The van der Waals surface area contributed by atoms with Crippen LogP contribution in [0.2, 0.25) is 0 Å². The van der Waals surface area contributed by atoms with E-state index in [1.54, 1.807) is 0 Å². The second kappa shape index (κ2) is 36.1. The van der Waals surface area contributed by atoms with E-state index in [0.717, 1.165) is 0 Å². The van der Waals surface area contributed by atoms with Crippen LogP contribution >= 0.6 is 0 Å². The molecule has 0 aliphatic heterocycles. The van der Waals surface area contributed by atoms with Crippen LogP contribution in [0.1, 0.15) is 0 Å². The second-order valence-electron chi connectivity index (χ2n) is 0.671. The summed E-state index contributed by atoms with van der Waals surface area (Å²) in [6.45, 7) is 0. The van der Waals surface area contributed by atoms with Crippen LogP contribution in [-0.4, -0.2) is 15.3 Å². The van der Waals surface area contributed by atoms with Crippen molar-refractivity contribution in [2.75, 3.05) is 0 Å². The van der Waals surface area contributed by atoms with Gasteiger partial charge in [0.2, 0.25) is 0 Å². The predicted molar refractivity (Wildman–Crippen MR) is 31.1 cm³/mol. The smallest absolute Gasteiger partial charge is 0.356 e. The SMILES string of the molecule is O=[N+]([O-])[O-].O=[N+]([O-])[O-].O=[N+]([O-])[O-].[Ag+].[Ag+].[Ag+].[Ag+]. The van der Waals surface area contributed by atoms with E-state index in [9.17, 15) is 0 Å². The standard InChI is InChI=1S/4Ag.3NO3/c;;;;3*2-1(3)4/q4*+1;3*-1. The molecule has 0 saturated carbocycles. The van der Waals surface area contributed by atoms with Gasteiger partial charge in [-0.15, -0.1) is 0 Å². The predicted octanol–water partition coefficient (Wildman–Crippen LogP) is -0.727. The Morgan fingerprint density at radius 1 is 0.438 bits per heavy atom. The molecular formula is Ag4N3O9+. The minimum Gasteiger partial charge on any atom is -0.356 e. The van der Waals surface area contributed by atoms with E-state index in [2.05, 4.69) is 0 Å².